The van der Waals surface area contributed by atoms with E-state index in [0.29, 0.717) is 11.7 Å². The second-order valence-electron chi connectivity index (χ2n) is 3.12. The molecular weight excluding hydrogens is 242 g/mol. The molecule has 0 unspecified atom stereocenters. The molecule has 88 valence electrons. The minimum Gasteiger partial charge on any atom is -0.481 e. The third-order valence-corrected chi connectivity index (χ3v) is 2.85. The molecule has 17 heavy (non-hydrogen) atoms. The van der Waals surface area contributed by atoms with Crippen molar-refractivity contribution >= 4 is 17.7 Å². The first-order valence-corrected chi connectivity index (χ1v) is 5.71. The number of aliphatic carboxylic acids is 1. The SMILES string of the molecule is O=C(O)CSc1nncn1Cc1ccncn1. The van der Waals surface area contributed by atoms with Crippen molar-refractivity contribution in [2.75, 3.05) is 5.75 Å². The van der Waals surface area contributed by atoms with E-state index in [1.165, 1.54) is 6.33 Å². The smallest absolute Gasteiger partial charge is 0.313 e. The fourth-order valence-electron chi connectivity index (χ4n) is 1.18. The predicted molar refractivity (Wildman–Crippen MR) is 59.5 cm³/mol. The van der Waals surface area contributed by atoms with Crippen molar-refractivity contribution < 1.29 is 9.90 Å². The molecule has 0 saturated carbocycles. The number of aromatic nitrogens is 5. The van der Waals surface area contributed by atoms with E-state index in [-0.39, 0.29) is 5.75 Å². The van der Waals surface area contributed by atoms with Gasteiger partial charge in [-0.1, -0.05) is 11.8 Å². The lowest BCUT2D eigenvalue weighted by Gasteiger charge is -2.03. The van der Waals surface area contributed by atoms with Gasteiger partial charge in [0.05, 0.1) is 18.0 Å². The molecule has 0 saturated heterocycles. The zero-order valence-corrected chi connectivity index (χ0v) is 9.54. The number of hydrogen-bond acceptors (Lipinski definition) is 6. The van der Waals surface area contributed by atoms with E-state index in [0.717, 1.165) is 17.5 Å². The number of carbonyl (C=O) groups is 1. The van der Waals surface area contributed by atoms with Gasteiger partial charge in [0.2, 0.25) is 0 Å². The maximum atomic E-state index is 10.5. The highest BCUT2D eigenvalue weighted by Gasteiger charge is 2.08. The normalized spacial score (nSPS) is 10.4. The van der Waals surface area contributed by atoms with Gasteiger partial charge in [-0.05, 0) is 6.07 Å². The van der Waals surface area contributed by atoms with Gasteiger partial charge >= 0.3 is 5.97 Å². The van der Waals surface area contributed by atoms with Crippen molar-refractivity contribution in [3.8, 4) is 0 Å². The largest absolute Gasteiger partial charge is 0.481 e. The van der Waals surface area contributed by atoms with Crippen LogP contribution in [0.25, 0.3) is 0 Å². The van der Waals surface area contributed by atoms with Crippen LogP contribution in [-0.2, 0) is 11.3 Å². The van der Waals surface area contributed by atoms with Crippen LogP contribution >= 0.6 is 11.8 Å². The van der Waals surface area contributed by atoms with Crippen molar-refractivity contribution in [3.63, 3.8) is 0 Å². The Bertz CT molecular complexity index is 501. The van der Waals surface area contributed by atoms with Gasteiger partial charge in [0.1, 0.15) is 12.7 Å². The Labute approximate surface area is 101 Å². The van der Waals surface area contributed by atoms with Crippen LogP contribution in [0, 0.1) is 0 Å². The number of carboxylic acids is 1. The summed E-state index contributed by atoms with van der Waals surface area (Å²) in [6.07, 6.45) is 4.66. The number of rotatable bonds is 5. The second kappa shape index (κ2) is 5.39. The second-order valence-corrected chi connectivity index (χ2v) is 4.07. The fraction of sp³-hybridized carbons (Fsp3) is 0.222. The molecule has 8 heteroatoms. The lowest BCUT2D eigenvalue weighted by molar-refractivity contribution is -0.133. The molecule has 0 spiro atoms. The number of carboxylic acid groups (broad SMARTS) is 1. The van der Waals surface area contributed by atoms with Gasteiger partial charge in [0, 0.05) is 6.20 Å². The molecule has 1 N–H and O–H groups in total. The number of nitrogens with zero attached hydrogens (tertiary/aromatic N) is 5. The molecule has 0 bridgehead atoms. The standard InChI is InChI=1S/C9H9N5O2S/c15-8(16)4-17-9-13-12-6-14(9)3-7-1-2-10-5-11-7/h1-2,5-6H,3-4H2,(H,15,16). The van der Waals surface area contributed by atoms with Gasteiger partial charge in [0.25, 0.3) is 0 Å². The molecular formula is C9H9N5O2S. The summed E-state index contributed by atoms with van der Waals surface area (Å²) in [5.41, 5.74) is 0.817. The van der Waals surface area contributed by atoms with E-state index in [1.54, 1.807) is 23.2 Å². The first-order valence-electron chi connectivity index (χ1n) is 4.73. The Morgan fingerprint density at radius 1 is 1.53 bits per heavy atom. The van der Waals surface area contributed by atoms with Crippen molar-refractivity contribution in [2.24, 2.45) is 0 Å². The molecule has 7 nitrogen and oxygen atoms in total. The van der Waals surface area contributed by atoms with Crippen LogP contribution in [-0.4, -0.2) is 41.6 Å². The Morgan fingerprint density at radius 2 is 2.41 bits per heavy atom. The molecule has 2 aromatic rings. The third kappa shape index (κ3) is 3.25. The lowest BCUT2D eigenvalue weighted by atomic mass is 10.4. The highest BCUT2D eigenvalue weighted by Crippen LogP contribution is 2.15. The fourth-order valence-corrected chi connectivity index (χ4v) is 1.81. The molecule has 0 fully saturated rings. The lowest BCUT2D eigenvalue weighted by Crippen LogP contribution is -2.04. The van der Waals surface area contributed by atoms with Crippen LogP contribution in [0.3, 0.4) is 0 Å². The zero-order chi connectivity index (χ0) is 12.1. The molecule has 0 aliphatic rings. The average molecular weight is 251 g/mol. The number of thioether (sulfide) groups is 1. The first kappa shape index (κ1) is 11.5. The summed E-state index contributed by atoms with van der Waals surface area (Å²) in [7, 11) is 0. The van der Waals surface area contributed by atoms with Crippen LogP contribution in [0.4, 0.5) is 0 Å². The first-order chi connectivity index (χ1) is 8.25. The maximum Gasteiger partial charge on any atom is 0.313 e. The summed E-state index contributed by atoms with van der Waals surface area (Å²) in [6.45, 7) is 0.497. The monoisotopic (exact) mass is 251 g/mol. The van der Waals surface area contributed by atoms with Gasteiger partial charge in [-0.2, -0.15) is 0 Å². The summed E-state index contributed by atoms with van der Waals surface area (Å²) in [5.74, 6) is -0.922. The van der Waals surface area contributed by atoms with Gasteiger partial charge in [-0.3, -0.25) is 4.79 Å². The topological polar surface area (TPSA) is 93.8 Å². The van der Waals surface area contributed by atoms with Gasteiger partial charge < -0.3 is 9.67 Å². The Balaban J connectivity index is 2.06. The van der Waals surface area contributed by atoms with Crippen molar-refractivity contribution in [3.05, 3.63) is 30.6 Å². The van der Waals surface area contributed by atoms with Gasteiger partial charge in [0.15, 0.2) is 5.16 Å². The molecule has 0 amide bonds. The summed E-state index contributed by atoms with van der Waals surface area (Å²) < 4.78 is 1.75. The zero-order valence-electron chi connectivity index (χ0n) is 8.72. The Morgan fingerprint density at radius 3 is 3.12 bits per heavy atom. The molecule has 0 aliphatic carbocycles. The van der Waals surface area contributed by atoms with Crippen LogP contribution in [0.15, 0.2) is 30.1 Å². The van der Waals surface area contributed by atoms with Gasteiger partial charge in [-0.25, -0.2) is 9.97 Å². The molecule has 2 aromatic heterocycles. The Hall–Kier alpha value is -1.96. The third-order valence-electron chi connectivity index (χ3n) is 1.88. The summed E-state index contributed by atoms with van der Waals surface area (Å²) >= 11 is 1.13. The summed E-state index contributed by atoms with van der Waals surface area (Å²) in [6, 6.07) is 1.78. The van der Waals surface area contributed by atoms with E-state index in [4.69, 9.17) is 5.11 Å². The molecule has 0 aromatic carbocycles. The van der Waals surface area contributed by atoms with E-state index in [9.17, 15) is 4.79 Å². The van der Waals surface area contributed by atoms with E-state index in [1.807, 2.05) is 0 Å². The van der Waals surface area contributed by atoms with E-state index < -0.39 is 5.97 Å². The Kier molecular flexibility index (Phi) is 3.66. The number of hydrogen-bond donors (Lipinski definition) is 1. The molecule has 0 atom stereocenters. The quantitative estimate of drug-likeness (QED) is 0.763. The van der Waals surface area contributed by atoms with Crippen LogP contribution in [0.5, 0.6) is 0 Å². The summed E-state index contributed by atoms with van der Waals surface area (Å²) in [4.78, 5) is 18.4. The highest BCUT2D eigenvalue weighted by molar-refractivity contribution is 7.99. The van der Waals surface area contributed by atoms with Crippen molar-refractivity contribution in [1.82, 2.24) is 24.7 Å². The van der Waals surface area contributed by atoms with Crippen molar-refractivity contribution in [2.45, 2.75) is 11.7 Å². The summed E-state index contributed by atoms with van der Waals surface area (Å²) in [5, 5.41) is 16.8. The minimum absolute atomic E-state index is 0.0392. The van der Waals surface area contributed by atoms with E-state index >= 15 is 0 Å². The molecule has 2 heterocycles. The van der Waals surface area contributed by atoms with Crippen LogP contribution in [0.1, 0.15) is 5.69 Å². The van der Waals surface area contributed by atoms with Gasteiger partial charge in [-0.15, -0.1) is 10.2 Å². The van der Waals surface area contributed by atoms with Crippen LogP contribution < -0.4 is 0 Å². The van der Waals surface area contributed by atoms with E-state index in [2.05, 4.69) is 20.2 Å². The van der Waals surface area contributed by atoms with Crippen molar-refractivity contribution in [1.29, 1.82) is 0 Å². The predicted octanol–water partition coefficient (Wildman–Crippen LogP) is 0.293. The minimum atomic E-state index is -0.883. The van der Waals surface area contributed by atoms with Crippen LogP contribution in [0.2, 0.25) is 0 Å². The average Bonchev–Trinajstić information content (AvgIpc) is 2.75. The highest BCUT2D eigenvalue weighted by atomic mass is 32.2. The maximum absolute atomic E-state index is 10.5. The molecule has 0 radical (unpaired) electrons. The molecule has 0 aliphatic heterocycles. The molecule has 2 rings (SSSR count).